The maximum absolute atomic E-state index is 6.91. The van der Waals surface area contributed by atoms with E-state index in [9.17, 15) is 0 Å². The van der Waals surface area contributed by atoms with E-state index in [0.29, 0.717) is 66.1 Å². The summed E-state index contributed by atoms with van der Waals surface area (Å²) >= 11 is 6.22. The van der Waals surface area contributed by atoms with E-state index in [1.807, 2.05) is 49.1 Å². The zero-order valence-corrected chi connectivity index (χ0v) is 35.7. The number of benzene rings is 2. The van der Waals surface area contributed by atoms with Crippen LogP contribution in [-0.4, -0.2) is 102 Å². The minimum Gasteiger partial charge on any atom is -0.497 e. The summed E-state index contributed by atoms with van der Waals surface area (Å²) < 4.78 is 52.2. The molecule has 55 heavy (non-hydrogen) atoms. The maximum atomic E-state index is 6.91. The van der Waals surface area contributed by atoms with E-state index in [1.54, 1.807) is 36.9 Å². The fraction of sp³-hybridized carbons (Fsp3) is 0.550. The molecular formula is C40H56N2O9S4. The van der Waals surface area contributed by atoms with Crippen molar-refractivity contribution in [2.75, 3.05) is 91.8 Å². The molecule has 0 fully saturated rings. The van der Waals surface area contributed by atoms with Crippen molar-refractivity contribution >= 4 is 46.8 Å². The van der Waals surface area contributed by atoms with Crippen molar-refractivity contribution in [3.63, 3.8) is 0 Å². The van der Waals surface area contributed by atoms with Gasteiger partial charge in [0.05, 0.1) is 115 Å². The van der Waals surface area contributed by atoms with Gasteiger partial charge in [-0.2, -0.15) is 0 Å². The second kappa shape index (κ2) is 28.2. The van der Waals surface area contributed by atoms with Crippen molar-refractivity contribution in [1.29, 1.82) is 0 Å². The lowest BCUT2D eigenvalue weighted by Gasteiger charge is -2.26. The summed E-state index contributed by atoms with van der Waals surface area (Å²) in [6.07, 6.45) is 2.96. The molecule has 0 radical (unpaired) electrons. The SMILES string of the molecule is COc1ccc(C(CCSOCCOCCOCCc2scnc2C)OC(CCSOCCOCCOCCc2scnc2C)c2ccc(OC)cc2)cc1. The summed E-state index contributed by atoms with van der Waals surface area (Å²) in [7, 11) is 3.35. The lowest BCUT2D eigenvalue weighted by molar-refractivity contribution is -0.0183. The zero-order valence-electron chi connectivity index (χ0n) is 32.4. The highest BCUT2D eigenvalue weighted by molar-refractivity contribution is 7.94. The number of thiazole rings is 2. The molecule has 0 saturated carbocycles. The van der Waals surface area contributed by atoms with E-state index in [0.717, 1.165) is 71.2 Å². The average molecular weight is 837 g/mol. The first-order valence-electron chi connectivity index (χ1n) is 18.6. The molecule has 2 unspecified atom stereocenters. The molecule has 0 spiro atoms. The molecule has 2 heterocycles. The van der Waals surface area contributed by atoms with Gasteiger partial charge in [0.2, 0.25) is 0 Å². The van der Waals surface area contributed by atoms with Gasteiger partial charge in [0, 0.05) is 34.1 Å². The molecule has 0 aliphatic rings. The Labute approximate surface area is 343 Å². The van der Waals surface area contributed by atoms with E-state index in [1.165, 1.54) is 33.8 Å². The minimum atomic E-state index is -0.163. The third-order valence-corrected chi connectivity index (χ3v) is 11.9. The minimum absolute atomic E-state index is 0.163. The Balaban J connectivity index is 1.15. The zero-order chi connectivity index (χ0) is 38.8. The highest BCUT2D eigenvalue weighted by atomic mass is 32.2. The standard InChI is InChI=1S/C40H56N2O9S4/c1-31-39(52-29-41-31)13-17-45-19-21-47-23-25-49-54-27-15-37(33-5-9-35(43-3)10-6-33)51-38(34-7-11-36(44-4)12-8-34)16-28-55-50-26-24-48-22-20-46-18-14-40-32(2)42-30-53-40/h5-12,29-30,37-38H,13-28H2,1-4H3. The first-order chi connectivity index (χ1) is 27.1. The molecule has 0 aliphatic carbocycles. The summed E-state index contributed by atoms with van der Waals surface area (Å²) in [6, 6.07) is 16.2. The summed E-state index contributed by atoms with van der Waals surface area (Å²) in [5, 5.41) is 0. The van der Waals surface area contributed by atoms with Gasteiger partial charge in [0.15, 0.2) is 0 Å². The molecular weight excluding hydrogens is 781 g/mol. The molecule has 4 rings (SSSR count). The van der Waals surface area contributed by atoms with Crippen LogP contribution < -0.4 is 9.47 Å². The predicted molar refractivity (Wildman–Crippen MR) is 223 cm³/mol. The Kier molecular flexibility index (Phi) is 23.3. The summed E-state index contributed by atoms with van der Waals surface area (Å²) in [5.74, 6) is 3.11. The Morgan fingerprint density at radius 3 is 1.27 bits per heavy atom. The van der Waals surface area contributed by atoms with Gasteiger partial charge in [0.25, 0.3) is 0 Å². The first kappa shape index (κ1) is 45.4. The van der Waals surface area contributed by atoms with Gasteiger partial charge in [-0.25, -0.2) is 9.97 Å². The molecule has 0 N–H and O–H groups in total. The Bertz CT molecular complexity index is 1430. The molecule has 304 valence electrons. The van der Waals surface area contributed by atoms with Crippen LogP contribution in [0.5, 0.6) is 11.5 Å². The van der Waals surface area contributed by atoms with Gasteiger partial charge in [-0.3, -0.25) is 0 Å². The van der Waals surface area contributed by atoms with Crippen LogP contribution in [0.1, 0.15) is 57.3 Å². The quantitative estimate of drug-likeness (QED) is 0.0346. The summed E-state index contributed by atoms with van der Waals surface area (Å²) in [6.45, 7) is 9.62. The number of hydrogen-bond acceptors (Lipinski definition) is 15. The second-order valence-corrected chi connectivity index (χ2v) is 15.8. The van der Waals surface area contributed by atoms with Gasteiger partial charge in [-0.05, 0) is 86.2 Å². The van der Waals surface area contributed by atoms with Crippen molar-refractivity contribution in [1.82, 2.24) is 9.97 Å². The molecule has 2 aromatic carbocycles. The highest BCUT2D eigenvalue weighted by Crippen LogP contribution is 2.34. The lowest BCUT2D eigenvalue weighted by Crippen LogP contribution is -2.13. The second-order valence-electron chi connectivity index (χ2n) is 12.2. The highest BCUT2D eigenvalue weighted by Gasteiger charge is 2.21. The van der Waals surface area contributed by atoms with Crippen molar-refractivity contribution in [3.8, 4) is 11.5 Å². The largest absolute Gasteiger partial charge is 0.497 e. The molecule has 11 nitrogen and oxygen atoms in total. The first-order valence-corrected chi connectivity index (χ1v) is 22.2. The van der Waals surface area contributed by atoms with Gasteiger partial charge < -0.3 is 41.5 Å². The number of nitrogens with zero attached hydrogens (tertiary/aromatic N) is 2. The number of methoxy groups -OCH3 is 2. The van der Waals surface area contributed by atoms with Crippen LogP contribution in [0.4, 0.5) is 0 Å². The van der Waals surface area contributed by atoms with E-state index in [4.69, 9.17) is 41.5 Å². The summed E-state index contributed by atoms with van der Waals surface area (Å²) in [5.41, 5.74) is 8.09. The third kappa shape index (κ3) is 18.2. The Hall–Kier alpha value is -2.28. The Morgan fingerprint density at radius 2 is 0.909 bits per heavy atom. The molecule has 4 aromatic rings. The van der Waals surface area contributed by atoms with Crippen molar-refractivity contribution < 1.29 is 41.5 Å². The van der Waals surface area contributed by atoms with Crippen molar-refractivity contribution in [2.24, 2.45) is 0 Å². The van der Waals surface area contributed by atoms with Gasteiger partial charge >= 0.3 is 0 Å². The van der Waals surface area contributed by atoms with E-state index < -0.39 is 0 Å². The van der Waals surface area contributed by atoms with Crippen LogP contribution in [0, 0.1) is 13.8 Å². The molecule has 0 amide bonds. The molecule has 0 aliphatic heterocycles. The van der Waals surface area contributed by atoms with E-state index in [2.05, 4.69) is 34.2 Å². The molecule has 15 heteroatoms. The van der Waals surface area contributed by atoms with Crippen LogP contribution >= 0.6 is 46.8 Å². The van der Waals surface area contributed by atoms with Crippen LogP contribution in [0.15, 0.2) is 59.6 Å². The molecule has 2 atom stereocenters. The molecule has 0 bridgehead atoms. The molecule has 0 saturated heterocycles. The molecule has 2 aromatic heterocycles. The fourth-order valence-electron chi connectivity index (χ4n) is 5.30. The normalized spacial score (nSPS) is 12.6. The predicted octanol–water partition coefficient (Wildman–Crippen LogP) is 8.69. The average Bonchev–Trinajstić information content (AvgIpc) is 3.83. The van der Waals surface area contributed by atoms with Crippen LogP contribution in [0.25, 0.3) is 0 Å². The summed E-state index contributed by atoms with van der Waals surface area (Å²) in [4.78, 5) is 11.1. The van der Waals surface area contributed by atoms with Crippen molar-refractivity contribution in [3.05, 3.63) is 91.8 Å². The topological polar surface area (TPSA) is 109 Å². The van der Waals surface area contributed by atoms with Crippen molar-refractivity contribution in [2.45, 2.75) is 51.7 Å². The van der Waals surface area contributed by atoms with E-state index >= 15 is 0 Å². The van der Waals surface area contributed by atoms with Gasteiger partial charge in [-0.1, -0.05) is 24.3 Å². The smallest absolute Gasteiger partial charge is 0.118 e. The number of ether oxygens (including phenoxy) is 7. The number of aryl methyl sites for hydroxylation is 2. The maximum Gasteiger partial charge on any atom is 0.118 e. The monoisotopic (exact) mass is 836 g/mol. The van der Waals surface area contributed by atoms with Crippen LogP contribution in [0.2, 0.25) is 0 Å². The number of aromatic nitrogens is 2. The fourth-order valence-corrected chi connectivity index (χ4v) is 8.05. The Morgan fingerprint density at radius 1 is 0.527 bits per heavy atom. The number of rotatable bonds is 32. The lowest BCUT2D eigenvalue weighted by atomic mass is 10.0. The van der Waals surface area contributed by atoms with Gasteiger partial charge in [0.1, 0.15) is 11.5 Å². The van der Waals surface area contributed by atoms with Gasteiger partial charge in [-0.15, -0.1) is 22.7 Å². The van der Waals surface area contributed by atoms with Crippen LogP contribution in [-0.2, 0) is 44.9 Å². The van der Waals surface area contributed by atoms with Crippen LogP contribution in [0.3, 0.4) is 0 Å². The number of hydrogen-bond donors (Lipinski definition) is 0. The van der Waals surface area contributed by atoms with E-state index in [-0.39, 0.29) is 12.2 Å². The third-order valence-electron chi connectivity index (χ3n) is 8.40.